The second kappa shape index (κ2) is 6.66. The van der Waals surface area contributed by atoms with E-state index in [1.54, 1.807) is 11.4 Å². The van der Waals surface area contributed by atoms with E-state index >= 15 is 0 Å². The van der Waals surface area contributed by atoms with Gasteiger partial charge in [-0.15, -0.1) is 0 Å². The smallest absolute Gasteiger partial charge is 0.247 e. The molecule has 0 bridgehead atoms. The summed E-state index contributed by atoms with van der Waals surface area (Å²) in [5, 5.41) is 1.12. The monoisotopic (exact) mass is 272 g/mol. The lowest BCUT2D eigenvalue weighted by atomic mass is 10.9. The normalized spacial score (nSPS) is 13.2. The summed E-state index contributed by atoms with van der Waals surface area (Å²) < 4.78 is 11.1. The highest BCUT2D eigenvalue weighted by Gasteiger charge is 2.23. The summed E-state index contributed by atoms with van der Waals surface area (Å²) in [6.45, 7) is 12.2. The van der Waals surface area contributed by atoms with E-state index in [2.05, 4.69) is 19.6 Å². The van der Waals surface area contributed by atoms with Crippen LogP contribution in [0.3, 0.4) is 0 Å². The van der Waals surface area contributed by atoms with Gasteiger partial charge in [0.15, 0.2) is 0 Å². The predicted molar refractivity (Wildman–Crippen MR) is 73.3 cm³/mol. The van der Waals surface area contributed by atoms with Gasteiger partial charge < -0.3 is 9.05 Å². The molecule has 14 heavy (non-hydrogen) atoms. The van der Waals surface area contributed by atoms with E-state index < -0.39 is 13.8 Å². The molecule has 0 fully saturated rings. The summed E-state index contributed by atoms with van der Waals surface area (Å²) in [5.41, 5.74) is -2.03. The zero-order valence-electron chi connectivity index (χ0n) is 9.70. The third-order valence-corrected chi connectivity index (χ3v) is 11.0. The molecular weight excluding hydrogens is 251 g/mol. The van der Waals surface area contributed by atoms with E-state index in [4.69, 9.17) is 20.9 Å². The van der Waals surface area contributed by atoms with E-state index in [1.165, 1.54) is 0 Å². The molecule has 0 aliphatic heterocycles. The maximum absolute atomic E-state index is 5.55. The summed E-state index contributed by atoms with van der Waals surface area (Å²) >= 11 is 7.14. The van der Waals surface area contributed by atoms with Gasteiger partial charge in [-0.3, -0.25) is 0 Å². The Morgan fingerprint density at radius 2 is 1.57 bits per heavy atom. The average molecular weight is 272 g/mol. The Morgan fingerprint density at radius 1 is 1.14 bits per heavy atom. The van der Waals surface area contributed by atoms with Crippen LogP contribution in [0.5, 0.6) is 0 Å². The Balaban J connectivity index is 4.16. The first-order valence-corrected chi connectivity index (χ1v) is 12.8. The lowest BCUT2D eigenvalue weighted by Gasteiger charge is -2.23. The van der Waals surface area contributed by atoms with Crippen molar-refractivity contribution in [2.24, 2.45) is 0 Å². The van der Waals surface area contributed by atoms with E-state index in [1.807, 2.05) is 13.8 Å². The molecule has 86 valence electrons. The third-order valence-electron chi connectivity index (χ3n) is 1.23. The Kier molecular flexibility index (Phi) is 7.20. The Bertz CT molecular complexity index is 196. The highest BCUT2D eigenvalue weighted by Crippen LogP contribution is 2.61. The van der Waals surface area contributed by atoms with Gasteiger partial charge in [0.05, 0.1) is 21.3 Å². The Labute approximate surface area is 98.1 Å². The van der Waals surface area contributed by atoms with E-state index in [0.717, 1.165) is 5.38 Å². The van der Waals surface area contributed by atoms with Crippen LogP contribution in [0.2, 0.25) is 19.6 Å². The molecule has 0 heterocycles. The van der Waals surface area contributed by atoms with Crippen molar-refractivity contribution in [3.63, 3.8) is 0 Å². The molecule has 0 unspecified atom stereocenters. The first-order valence-electron chi connectivity index (χ1n) is 4.86. The van der Waals surface area contributed by atoms with Crippen molar-refractivity contribution in [3.8, 4) is 0 Å². The van der Waals surface area contributed by atoms with Crippen LogP contribution in [-0.2, 0) is 20.9 Å². The zero-order chi connectivity index (χ0) is 11.2. The van der Waals surface area contributed by atoms with Crippen LogP contribution in [0.4, 0.5) is 0 Å². The molecule has 0 saturated carbocycles. The number of hydrogen-bond donors (Lipinski definition) is 0. The van der Waals surface area contributed by atoms with Crippen molar-refractivity contribution >= 4 is 37.0 Å². The minimum absolute atomic E-state index is 0.649. The lowest BCUT2D eigenvalue weighted by molar-refractivity contribution is 0.280. The van der Waals surface area contributed by atoms with Crippen molar-refractivity contribution in [3.05, 3.63) is 0 Å². The molecule has 0 aromatic rings. The van der Waals surface area contributed by atoms with E-state index in [9.17, 15) is 0 Å². The molecule has 0 atom stereocenters. The topological polar surface area (TPSA) is 18.5 Å². The van der Waals surface area contributed by atoms with Crippen LogP contribution < -0.4 is 0 Å². The molecule has 2 nitrogen and oxygen atoms in total. The van der Waals surface area contributed by atoms with Crippen molar-refractivity contribution in [1.82, 2.24) is 0 Å². The van der Waals surface area contributed by atoms with Crippen molar-refractivity contribution in [1.29, 1.82) is 0 Å². The van der Waals surface area contributed by atoms with Crippen molar-refractivity contribution in [2.45, 2.75) is 33.5 Å². The van der Waals surface area contributed by atoms with E-state index in [-0.39, 0.29) is 0 Å². The van der Waals surface area contributed by atoms with Crippen LogP contribution in [0.25, 0.3) is 0 Å². The van der Waals surface area contributed by atoms with E-state index in [0.29, 0.717) is 13.2 Å². The number of rotatable bonds is 7. The molecule has 0 aromatic carbocycles. The highest BCUT2D eigenvalue weighted by atomic mass is 32.9. The fraction of sp³-hybridized carbons (Fsp3) is 1.00. The first kappa shape index (κ1) is 15.1. The van der Waals surface area contributed by atoms with Crippen molar-refractivity contribution in [2.75, 3.05) is 18.6 Å². The van der Waals surface area contributed by atoms with Gasteiger partial charge in [0.2, 0.25) is 5.69 Å². The fourth-order valence-corrected chi connectivity index (χ4v) is 11.8. The average Bonchev–Trinajstić information content (AvgIpc) is 2.01. The van der Waals surface area contributed by atoms with Crippen LogP contribution >= 0.6 is 17.1 Å². The van der Waals surface area contributed by atoms with Gasteiger partial charge in [0, 0.05) is 0 Å². The van der Waals surface area contributed by atoms with Gasteiger partial charge in [-0.2, -0.15) is 0 Å². The quantitative estimate of drug-likeness (QED) is 0.517. The van der Waals surface area contributed by atoms with Gasteiger partial charge in [-0.25, -0.2) is 0 Å². The van der Waals surface area contributed by atoms with Crippen LogP contribution in [0.15, 0.2) is 0 Å². The number of hydrogen-bond acceptors (Lipinski definition) is 4. The molecule has 0 N–H and O–H groups in total. The Hall–Kier alpha value is 1.14. The molecule has 0 radical (unpaired) electrons. The second-order valence-corrected chi connectivity index (χ2v) is 16.4. The Morgan fingerprint density at radius 3 is 1.86 bits per heavy atom. The standard InChI is InChI=1S/C8H21O2PS2Si/c1-6-9-11(12,10-7-2)13-8-14(3,4)5/h6-8H2,1-5H3. The zero-order valence-corrected chi connectivity index (χ0v) is 13.2. The van der Waals surface area contributed by atoms with Gasteiger partial charge >= 0.3 is 0 Å². The largest absolute Gasteiger partial charge is 0.322 e. The highest BCUT2D eigenvalue weighted by molar-refractivity contribution is 8.68. The minimum atomic E-state index is -2.03. The molecule has 0 saturated heterocycles. The summed E-state index contributed by atoms with van der Waals surface area (Å²) in [6, 6.07) is 0. The lowest BCUT2D eigenvalue weighted by Crippen LogP contribution is -2.23. The maximum atomic E-state index is 5.55. The maximum Gasteiger partial charge on any atom is 0.247 e. The molecule has 0 spiro atoms. The van der Waals surface area contributed by atoms with Crippen LogP contribution in [0, 0.1) is 0 Å². The van der Waals surface area contributed by atoms with Crippen LogP contribution in [0.1, 0.15) is 13.8 Å². The first-order chi connectivity index (χ1) is 6.33. The summed E-state index contributed by atoms with van der Waals surface area (Å²) in [7, 11) is -1.06. The van der Waals surface area contributed by atoms with Crippen LogP contribution in [-0.4, -0.2) is 26.7 Å². The van der Waals surface area contributed by atoms with Gasteiger partial charge in [0.25, 0.3) is 0 Å². The molecule has 0 amide bonds. The van der Waals surface area contributed by atoms with Gasteiger partial charge in [-0.1, -0.05) is 31.0 Å². The molecule has 0 rings (SSSR count). The molecule has 0 aliphatic rings. The van der Waals surface area contributed by atoms with Crippen molar-refractivity contribution < 1.29 is 9.05 Å². The summed E-state index contributed by atoms with van der Waals surface area (Å²) in [6.07, 6.45) is 0. The summed E-state index contributed by atoms with van der Waals surface area (Å²) in [5.74, 6) is 0. The minimum Gasteiger partial charge on any atom is -0.322 e. The van der Waals surface area contributed by atoms with Gasteiger partial charge in [-0.05, 0) is 31.0 Å². The molecule has 0 aromatic heterocycles. The molecule has 6 heteroatoms. The summed E-state index contributed by atoms with van der Waals surface area (Å²) in [4.78, 5) is 0. The second-order valence-electron chi connectivity index (χ2n) is 4.12. The molecular formula is C8H21O2PS2Si. The molecule has 0 aliphatic carbocycles. The predicted octanol–water partition coefficient (Wildman–Crippen LogP) is 3.89. The van der Waals surface area contributed by atoms with Gasteiger partial charge in [0.1, 0.15) is 0 Å². The SMILES string of the molecule is CCOP(=S)(OCC)SC[Si](C)(C)C. The fourth-order valence-electron chi connectivity index (χ4n) is 0.701. The third kappa shape index (κ3) is 7.43.